The zero-order chi connectivity index (χ0) is 12.3. The van der Waals surface area contributed by atoms with Crippen molar-refractivity contribution in [2.45, 2.75) is 38.6 Å². The Kier molecular flexibility index (Phi) is 3.84. The zero-order valence-electron chi connectivity index (χ0n) is 10.3. The number of nitrogens with zero attached hydrogens (tertiary/aromatic N) is 1. The number of furan rings is 1. The molecule has 4 nitrogen and oxygen atoms in total. The summed E-state index contributed by atoms with van der Waals surface area (Å²) >= 11 is 0. The van der Waals surface area contributed by atoms with E-state index in [-0.39, 0.29) is 11.9 Å². The monoisotopic (exact) mass is 236 g/mol. The number of carbonyl (C=O) groups is 1. The van der Waals surface area contributed by atoms with Gasteiger partial charge in [-0.3, -0.25) is 4.79 Å². The fourth-order valence-corrected chi connectivity index (χ4v) is 2.45. The SMILES string of the molecule is Cc1ccc(C(=O)N2CCCCC2CCN)o1. The van der Waals surface area contributed by atoms with E-state index in [1.54, 1.807) is 6.07 Å². The zero-order valence-corrected chi connectivity index (χ0v) is 10.3. The molecule has 0 saturated carbocycles. The summed E-state index contributed by atoms with van der Waals surface area (Å²) < 4.78 is 5.40. The van der Waals surface area contributed by atoms with Gasteiger partial charge in [-0.15, -0.1) is 0 Å². The smallest absolute Gasteiger partial charge is 0.289 e. The summed E-state index contributed by atoms with van der Waals surface area (Å²) in [6.45, 7) is 3.30. The van der Waals surface area contributed by atoms with Crippen LogP contribution in [0.3, 0.4) is 0 Å². The van der Waals surface area contributed by atoms with Crippen LogP contribution in [0.15, 0.2) is 16.5 Å². The lowest BCUT2D eigenvalue weighted by Crippen LogP contribution is -2.44. The van der Waals surface area contributed by atoms with Gasteiger partial charge in [0.2, 0.25) is 0 Å². The normalized spacial score (nSPS) is 20.6. The molecule has 1 aromatic rings. The van der Waals surface area contributed by atoms with Gasteiger partial charge in [0.05, 0.1) is 0 Å². The molecule has 1 aliphatic heterocycles. The van der Waals surface area contributed by atoms with Crippen molar-refractivity contribution in [3.63, 3.8) is 0 Å². The topological polar surface area (TPSA) is 59.5 Å². The van der Waals surface area contributed by atoms with Gasteiger partial charge in [0.25, 0.3) is 5.91 Å². The van der Waals surface area contributed by atoms with Crippen LogP contribution in [0.1, 0.15) is 42.0 Å². The highest BCUT2D eigenvalue weighted by molar-refractivity contribution is 5.91. The fraction of sp³-hybridized carbons (Fsp3) is 0.615. The van der Waals surface area contributed by atoms with Crippen molar-refractivity contribution in [3.8, 4) is 0 Å². The molecule has 0 aromatic carbocycles. The Morgan fingerprint density at radius 2 is 2.35 bits per heavy atom. The Hall–Kier alpha value is -1.29. The molecule has 0 aliphatic carbocycles. The molecular weight excluding hydrogens is 216 g/mol. The number of hydrogen-bond acceptors (Lipinski definition) is 3. The Morgan fingerprint density at radius 1 is 1.53 bits per heavy atom. The minimum absolute atomic E-state index is 0.0104. The molecule has 2 rings (SSSR count). The second kappa shape index (κ2) is 5.36. The van der Waals surface area contributed by atoms with Crippen LogP contribution in [0.25, 0.3) is 0 Å². The quantitative estimate of drug-likeness (QED) is 0.872. The predicted molar refractivity (Wildman–Crippen MR) is 65.8 cm³/mol. The van der Waals surface area contributed by atoms with Gasteiger partial charge in [-0.2, -0.15) is 0 Å². The van der Waals surface area contributed by atoms with Gasteiger partial charge in [0.1, 0.15) is 5.76 Å². The molecule has 1 saturated heterocycles. The number of amides is 1. The summed E-state index contributed by atoms with van der Waals surface area (Å²) in [5, 5.41) is 0. The molecule has 1 unspecified atom stereocenters. The van der Waals surface area contributed by atoms with E-state index in [1.807, 2.05) is 17.9 Å². The lowest BCUT2D eigenvalue weighted by molar-refractivity contribution is 0.0571. The average molecular weight is 236 g/mol. The molecule has 1 aliphatic rings. The second-order valence-electron chi connectivity index (χ2n) is 4.64. The highest BCUT2D eigenvalue weighted by atomic mass is 16.3. The molecule has 1 amide bonds. The van der Waals surface area contributed by atoms with Crippen LogP contribution < -0.4 is 5.73 Å². The third kappa shape index (κ3) is 2.69. The van der Waals surface area contributed by atoms with Gasteiger partial charge in [-0.1, -0.05) is 0 Å². The molecule has 2 heterocycles. The molecule has 4 heteroatoms. The van der Waals surface area contributed by atoms with E-state index in [9.17, 15) is 4.79 Å². The Morgan fingerprint density at radius 3 is 3.00 bits per heavy atom. The summed E-state index contributed by atoms with van der Waals surface area (Å²) in [7, 11) is 0. The first-order valence-corrected chi connectivity index (χ1v) is 6.30. The van der Waals surface area contributed by atoms with Crippen LogP contribution in [0.5, 0.6) is 0 Å². The van der Waals surface area contributed by atoms with Gasteiger partial charge in [0, 0.05) is 12.6 Å². The molecule has 0 bridgehead atoms. The number of rotatable bonds is 3. The number of aryl methyl sites for hydroxylation is 1. The van der Waals surface area contributed by atoms with Gasteiger partial charge >= 0.3 is 0 Å². The summed E-state index contributed by atoms with van der Waals surface area (Å²) in [6, 6.07) is 3.87. The van der Waals surface area contributed by atoms with Crippen molar-refractivity contribution in [1.29, 1.82) is 0 Å². The molecule has 1 fully saturated rings. The van der Waals surface area contributed by atoms with Gasteiger partial charge in [-0.05, 0) is 51.3 Å². The Bertz CT molecular complexity index is 385. The number of nitrogens with two attached hydrogens (primary N) is 1. The van der Waals surface area contributed by atoms with Crippen LogP contribution >= 0.6 is 0 Å². The first-order valence-electron chi connectivity index (χ1n) is 6.30. The average Bonchev–Trinajstić information content (AvgIpc) is 2.76. The van der Waals surface area contributed by atoms with Crippen LogP contribution in [0.2, 0.25) is 0 Å². The summed E-state index contributed by atoms with van der Waals surface area (Å²) in [4.78, 5) is 14.2. The van der Waals surface area contributed by atoms with E-state index in [0.29, 0.717) is 12.3 Å². The molecule has 0 radical (unpaired) electrons. The molecule has 17 heavy (non-hydrogen) atoms. The summed E-state index contributed by atoms with van der Waals surface area (Å²) in [6.07, 6.45) is 4.20. The molecule has 1 aromatic heterocycles. The van der Waals surface area contributed by atoms with E-state index in [1.165, 1.54) is 6.42 Å². The highest BCUT2D eigenvalue weighted by Gasteiger charge is 2.28. The van der Waals surface area contributed by atoms with E-state index >= 15 is 0 Å². The number of likely N-dealkylation sites (tertiary alicyclic amines) is 1. The standard InChI is InChI=1S/C13H20N2O2/c1-10-5-6-12(17-10)13(16)15-9-3-2-4-11(15)7-8-14/h5-6,11H,2-4,7-9,14H2,1H3. The first kappa shape index (κ1) is 12.2. The van der Waals surface area contributed by atoms with E-state index in [0.717, 1.165) is 31.6 Å². The van der Waals surface area contributed by atoms with Crippen LogP contribution in [0, 0.1) is 6.92 Å². The first-order chi connectivity index (χ1) is 8.22. The maximum absolute atomic E-state index is 12.3. The van der Waals surface area contributed by atoms with Crippen molar-refractivity contribution in [2.24, 2.45) is 5.73 Å². The maximum atomic E-state index is 12.3. The Labute approximate surface area is 102 Å². The van der Waals surface area contributed by atoms with Crippen molar-refractivity contribution in [1.82, 2.24) is 4.90 Å². The minimum atomic E-state index is 0.0104. The largest absolute Gasteiger partial charge is 0.456 e. The molecule has 94 valence electrons. The molecule has 1 atom stereocenters. The van der Waals surface area contributed by atoms with Crippen LogP contribution in [0.4, 0.5) is 0 Å². The van der Waals surface area contributed by atoms with E-state index < -0.39 is 0 Å². The fourth-order valence-electron chi connectivity index (χ4n) is 2.45. The number of carbonyl (C=O) groups excluding carboxylic acids is 1. The highest BCUT2D eigenvalue weighted by Crippen LogP contribution is 2.22. The Balaban J connectivity index is 2.10. The third-order valence-corrected chi connectivity index (χ3v) is 3.34. The van der Waals surface area contributed by atoms with Crippen LogP contribution in [-0.4, -0.2) is 29.9 Å². The number of piperidine rings is 1. The van der Waals surface area contributed by atoms with Crippen molar-refractivity contribution in [2.75, 3.05) is 13.1 Å². The van der Waals surface area contributed by atoms with Gasteiger partial charge < -0.3 is 15.1 Å². The second-order valence-corrected chi connectivity index (χ2v) is 4.64. The predicted octanol–water partition coefficient (Wildman–Crippen LogP) is 1.93. The third-order valence-electron chi connectivity index (χ3n) is 3.34. The molecule has 0 spiro atoms. The summed E-state index contributed by atoms with van der Waals surface area (Å²) in [5.74, 6) is 1.24. The lowest BCUT2D eigenvalue weighted by atomic mass is 9.99. The van der Waals surface area contributed by atoms with Gasteiger partial charge in [-0.25, -0.2) is 0 Å². The van der Waals surface area contributed by atoms with E-state index in [2.05, 4.69) is 0 Å². The minimum Gasteiger partial charge on any atom is -0.456 e. The van der Waals surface area contributed by atoms with E-state index in [4.69, 9.17) is 10.2 Å². The van der Waals surface area contributed by atoms with Crippen molar-refractivity contribution < 1.29 is 9.21 Å². The maximum Gasteiger partial charge on any atom is 0.289 e. The molecular formula is C13H20N2O2. The lowest BCUT2D eigenvalue weighted by Gasteiger charge is -2.35. The van der Waals surface area contributed by atoms with Crippen LogP contribution in [-0.2, 0) is 0 Å². The number of hydrogen-bond donors (Lipinski definition) is 1. The van der Waals surface area contributed by atoms with Crippen molar-refractivity contribution in [3.05, 3.63) is 23.7 Å². The summed E-state index contributed by atoms with van der Waals surface area (Å²) in [5.41, 5.74) is 5.60. The molecule has 2 N–H and O–H groups in total. The van der Waals surface area contributed by atoms with Crippen molar-refractivity contribution >= 4 is 5.91 Å². The van der Waals surface area contributed by atoms with Gasteiger partial charge in [0.15, 0.2) is 5.76 Å².